The van der Waals surface area contributed by atoms with Crippen LogP contribution in [0.3, 0.4) is 0 Å². The van der Waals surface area contributed by atoms with Gasteiger partial charge in [0.15, 0.2) is 0 Å². The fourth-order valence-corrected chi connectivity index (χ4v) is 4.29. The molecule has 0 amide bonds. The number of nitrogens with two attached hydrogens (primary N) is 1. The number of hydrogen-bond acceptors (Lipinski definition) is 7. The average molecular weight is 384 g/mol. The van der Waals surface area contributed by atoms with Crippen LogP contribution < -0.4 is 16.4 Å². The highest BCUT2D eigenvalue weighted by Gasteiger charge is 2.37. The van der Waals surface area contributed by atoms with E-state index in [9.17, 15) is 4.79 Å². The second-order valence-electron chi connectivity index (χ2n) is 8.23. The predicted octanol–water partition coefficient (Wildman–Crippen LogP) is 2.79. The molecule has 1 aromatic rings. The molecule has 0 spiro atoms. The number of halogens is 1. The minimum absolute atomic E-state index is 0.0124. The molecule has 0 aliphatic carbocycles. The number of anilines is 2. The van der Waals surface area contributed by atoms with Crippen LogP contribution in [0, 0.1) is 5.92 Å². The summed E-state index contributed by atoms with van der Waals surface area (Å²) in [5.74, 6) is 0.669. The normalized spacial score (nSPS) is 19.2. The molecule has 0 aromatic carbocycles. The molecular weight excluding hydrogens is 354 g/mol. The van der Waals surface area contributed by atoms with E-state index in [-0.39, 0.29) is 34.6 Å². The lowest BCUT2D eigenvalue weighted by Gasteiger charge is -2.46. The van der Waals surface area contributed by atoms with E-state index in [4.69, 9.17) is 22.1 Å². The zero-order valence-electron chi connectivity index (χ0n) is 16.3. The summed E-state index contributed by atoms with van der Waals surface area (Å²) in [6.07, 6.45) is 2.08. The Hall–Kier alpha value is -1.60. The van der Waals surface area contributed by atoms with Crippen molar-refractivity contribution in [3.05, 3.63) is 10.7 Å². The van der Waals surface area contributed by atoms with Crippen molar-refractivity contribution in [2.75, 3.05) is 24.2 Å². The molecule has 146 valence electrons. The van der Waals surface area contributed by atoms with E-state index in [0.29, 0.717) is 23.9 Å². The van der Waals surface area contributed by atoms with Crippen LogP contribution in [-0.2, 0) is 16.0 Å². The fraction of sp³-hybridized carbons (Fsp3) is 0.722. The summed E-state index contributed by atoms with van der Waals surface area (Å²) >= 11 is 6.20. The van der Waals surface area contributed by atoms with Crippen LogP contribution in [0.1, 0.15) is 53.0 Å². The number of piperidine rings is 1. The van der Waals surface area contributed by atoms with Gasteiger partial charge in [0.05, 0.1) is 13.0 Å². The molecule has 0 unspecified atom stereocenters. The Morgan fingerprint density at radius 3 is 2.50 bits per heavy atom. The van der Waals surface area contributed by atoms with Crippen LogP contribution in [0.5, 0.6) is 0 Å². The van der Waals surface area contributed by atoms with Crippen molar-refractivity contribution >= 4 is 29.3 Å². The first-order valence-corrected chi connectivity index (χ1v) is 9.40. The number of nitrogen functional groups attached to an aromatic ring is 1. The van der Waals surface area contributed by atoms with Crippen molar-refractivity contribution in [1.29, 1.82) is 0 Å². The quantitative estimate of drug-likeness (QED) is 0.512. The van der Waals surface area contributed by atoms with Gasteiger partial charge in [-0.25, -0.2) is 4.98 Å². The molecule has 8 heteroatoms. The Kier molecular flexibility index (Phi) is 6.34. The van der Waals surface area contributed by atoms with Crippen LogP contribution in [-0.4, -0.2) is 40.2 Å². The van der Waals surface area contributed by atoms with Crippen molar-refractivity contribution < 1.29 is 9.53 Å². The number of nitrogens with one attached hydrogen (secondary N) is 2. The summed E-state index contributed by atoms with van der Waals surface area (Å²) in [7, 11) is 0. The lowest BCUT2D eigenvalue weighted by molar-refractivity contribution is -0.142. The number of rotatable bonds is 6. The maximum absolute atomic E-state index is 11.9. The minimum Gasteiger partial charge on any atom is -0.466 e. The van der Waals surface area contributed by atoms with E-state index in [2.05, 4.69) is 48.3 Å². The van der Waals surface area contributed by atoms with E-state index >= 15 is 0 Å². The molecule has 0 saturated carbocycles. The number of esters is 1. The zero-order valence-corrected chi connectivity index (χ0v) is 17.0. The number of carbonyl (C=O) groups is 1. The van der Waals surface area contributed by atoms with E-state index in [0.717, 1.165) is 19.4 Å². The maximum atomic E-state index is 11.9. The second-order valence-corrected chi connectivity index (χ2v) is 8.59. The van der Waals surface area contributed by atoms with Gasteiger partial charge >= 0.3 is 5.97 Å². The molecule has 2 rings (SSSR count). The van der Waals surface area contributed by atoms with Crippen molar-refractivity contribution in [2.45, 2.75) is 65.0 Å². The number of aromatic nitrogens is 2. The van der Waals surface area contributed by atoms with Crippen LogP contribution in [0.15, 0.2) is 0 Å². The molecule has 1 aromatic heterocycles. The van der Waals surface area contributed by atoms with Crippen LogP contribution >= 0.6 is 11.6 Å². The first kappa shape index (κ1) is 20.7. The lowest BCUT2D eigenvalue weighted by atomic mass is 9.76. The summed E-state index contributed by atoms with van der Waals surface area (Å²) in [6.45, 7) is 11.7. The molecule has 1 aliphatic rings. The minimum atomic E-state index is -0.366. The first-order valence-electron chi connectivity index (χ1n) is 9.02. The number of nitrogens with zero attached hydrogens (tertiary/aromatic N) is 2. The van der Waals surface area contributed by atoms with Gasteiger partial charge in [0.2, 0.25) is 5.95 Å². The third-order valence-electron chi connectivity index (χ3n) is 4.43. The lowest BCUT2D eigenvalue weighted by Crippen LogP contribution is -2.58. The Morgan fingerprint density at radius 1 is 1.31 bits per heavy atom. The first-order chi connectivity index (χ1) is 12.0. The highest BCUT2D eigenvalue weighted by Crippen LogP contribution is 2.33. The van der Waals surface area contributed by atoms with Gasteiger partial charge < -0.3 is 21.1 Å². The molecule has 26 heavy (non-hydrogen) atoms. The van der Waals surface area contributed by atoms with Gasteiger partial charge in [-0.15, -0.1) is 0 Å². The predicted molar refractivity (Wildman–Crippen MR) is 104 cm³/mol. The SMILES string of the molecule is CCOC(=O)Cc1c(Cl)nc(N)nc1NCC1CC(C)(C)NC(C)(C)C1. The van der Waals surface area contributed by atoms with Crippen molar-refractivity contribution in [3.8, 4) is 0 Å². The van der Waals surface area contributed by atoms with E-state index < -0.39 is 0 Å². The van der Waals surface area contributed by atoms with Gasteiger partial charge in [-0.2, -0.15) is 4.98 Å². The fourth-order valence-electron chi connectivity index (χ4n) is 4.05. The summed E-state index contributed by atoms with van der Waals surface area (Å²) < 4.78 is 5.01. The number of carbonyl (C=O) groups excluding carboxylic acids is 1. The molecule has 0 atom stereocenters. The molecule has 1 aliphatic heterocycles. The zero-order chi connectivity index (χ0) is 19.5. The Balaban J connectivity index is 2.14. The van der Waals surface area contributed by atoms with Crippen molar-refractivity contribution in [2.24, 2.45) is 5.92 Å². The highest BCUT2D eigenvalue weighted by molar-refractivity contribution is 6.30. The Morgan fingerprint density at radius 2 is 1.92 bits per heavy atom. The van der Waals surface area contributed by atoms with Crippen molar-refractivity contribution in [3.63, 3.8) is 0 Å². The summed E-state index contributed by atoms with van der Waals surface area (Å²) in [5.41, 5.74) is 6.38. The molecule has 0 bridgehead atoms. The Bertz CT molecular complexity index is 647. The van der Waals surface area contributed by atoms with Gasteiger partial charge in [0.25, 0.3) is 0 Å². The van der Waals surface area contributed by atoms with Crippen LogP contribution in [0.25, 0.3) is 0 Å². The highest BCUT2D eigenvalue weighted by atomic mass is 35.5. The van der Waals surface area contributed by atoms with Crippen LogP contribution in [0.4, 0.5) is 11.8 Å². The van der Waals surface area contributed by atoms with E-state index in [1.165, 1.54) is 0 Å². The topological polar surface area (TPSA) is 102 Å². The van der Waals surface area contributed by atoms with Crippen molar-refractivity contribution in [1.82, 2.24) is 15.3 Å². The molecular formula is C18H30ClN5O2. The summed E-state index contributed by atoms with van der Waals surface area (Å²) in [6, 6.07) is 0. The summed E-state index contributed by atoms with van der Waals surface area (Å²) in [5, 5.41) is 7.19. The second kappa shape index (κ2) is 7.96. The van der Waals surface area contributed by atoms with Crippen LogP contribution in [0.2, 0.25) is 5.15 Å². The largest absolute Gasteiger partial charge is 0.466 e. The summed E-state index contributed by atoms with van der Waals surface area (Å²) in [4.78, 5) is 20.1. The number of ether oxygens (including phenoxy) is 1. The van der Waals surface area contributed by atoms with Gasteiger partial charge in [0.1, 0.15) is 11.0 Å². The smallest absolute Gasteiger partial charge is 0.310 e. The van der Waals surface area contributed by atoms with Gasteiger partial charge in [-0.3, -0.25) is 4.79 Å². The average Bonchev–Trinajstić information content (AvgIpc) is 2.45. The Labute approximate surface area is 160 Å². The van der Waals surface area contributed by atoms with Gasteiger partial charge in [-0.05, 0) is 53.4 Å². The molecule has 7 nitrogen and oxygen atoms in total. The molecule has 1 saturated heterocycles. The maximum Gasteiger partial charge on any atom is 0.310 e. The standard InChI is InChI=1S/C18H30ClN5O2/c1-6-26-13(25)7-12-14(19)22-16(20)23-15(12)21-10-11-8-17(2,3)24-18(4,5)9-11/h11,24H,6-10H2,1-5H3,(H3,20,21,22,23). The molecule has 2 heterocycles. The van der Waals surface area contributed by atoms with Gasteiger partial charge in [-0.1, -0.05) is 11.6 Å². The molecule has 1 fully saturated rings. The third kappa shape index (κ3) is 5.71. The number of hydrogen-bond donors (Lipinski definition) is 3. The molecule has 4 N–H and O–H groups in total. The molecule has 0 radical (unpaired) electrons. The van der Waals surface area contributed by atoms with E-state index in [1.54, 1.807) is 6.92 Å². The van der Waals surface area contributed by atoms with E-state index in [1.807, 2.05) is 0 Å². The monoisotopic (exact) mass is 383 g/mol. The third-order valence-corrected chi connectivity index (χ3v) is 4.75. The van der Waals surface area contributed by atoms with Gasteiger partial charge in [0, 0.05) is 23.2 Å².